The van der Waals surface area contributed by atoms with Gasteiger partial charge < -0.3 is 10.4 Å². The van der Waals surface area contributed by atoms with Crippen LogP contribution in [0, 0.1) is 0 Å². The van der Waals surface area contributed by atoms with Gasteiger partial charge in [-0.2, -0.15) is 8.42 Å². The van der Waals surface area contributed by atoms with Gasteiger partial charge in [-0.1, -0.05) is 6.07 Å². The molecular formula is C12H12N2O6S. The summed E-state index contributed by atoms with van der Waals surface area (Å²) in [7, 11) is -4.36. The molecule has 1 aromatic rings. The summed E-state index contributed by atoms with van der Waals surface area (Å²) in [6.45, 7) is -0.471. The largest absolute Gasteiger partial charge is 0.395 e. The number of hydrogen-bond acceptors (Lipinski definition) is 6. The van der Waals surface area contributed by atoms with Gasteiger partial charge in [0, 0.05) is 11.8 Å². The standard InChI is InChI=1S/C12H12N2O6S/c15-5-4-14-11(16)7-10(12(14)17)13-8-2-1-3-9(6-8)21(18,19)20/h1-3,6-7,13,15H,4-5H2,(H,18,19,20). The zero-order chi connectivity index (χ0) is 15.6. The van der Waals surface area contributed by atoms with E-state index < -0.39 is 21.9 Å². The number of carbonyl (C=O) groups excluding carboxylic acids is 2. The lowest BCUT2D eigenvalue weighted by Gasteiger charge is -2.13. The summed E-state index contributed by atoms with van der Waals surface area (Å²) in [6, 6.07) is 5.16. The summed E-state index contributed by atoms with van der Waals surface area (Å²) in [5.74, 6) is -1.19. The Kier molecular flexibility index (Phi) is 4.07. The molecule has 0 unspecified atom stereocenters. The number of nitrogens with one attached hydrogen (secondary N) is 1. The molecular weight excluding hydrogens is 300 g/mol. The Bertz CT molecular complexity index is 725. The predicted octanol–water partition coefficient (Wildman–Crippen LogP) is -0.410. The zero-order valence-corrected chi connectivity index (χ0v) is 11.5. The van der Waals surface area contributed by atoms with Crippen LogP contribution in [0.2, 0.25) is 0 Å². The number of anilines is 1. The number of rotatable bonds is 5. The van der Waals surface area contributed by atoms with Gasteiger partial charge in [-0.3, -0.25) is 19.0 Å². The van der Waals surface area contributed by atoms with E-state index in [-0.39, 0.29) is 29.4 Å². The Labute approximate surface area is 120 Å². The van der Waals surface area contributed by atoms with Crippen LogP contribution in [0.15, 0.2) is 40.9 Å². The lowest BCUT2D eigenvalue weighted by atomic mass is 10.3. The molecule has 112 valence electrons. The summed E-state index contributed by atoms with van der Waals surface area (Å²) < 4.78 is 31.0. The Morgan fingerprint density at radius 3 is 2.57 bits per heavy atom. The first-order valence-corrected chi connectivity index (χ1v) is 7.30. The van der Waals surface area contributed by atoms with Crippen molar-refractivity contribution in [3.63, 3.8) is 0 Å². The molecule has 8 nitrogen and oxygen atoms in total. The first-order chi connectivity index (χ1) is 9.82. The van der Waals surface area contributed by atoms with Crippen molar-refractivity contribution in [3.8, 4) is 0 Å². The van der Waals surface area contributed by atoms with Gasteiger partial charge >= 0.3 is 0 Å². The van der Waals surface area contributed by atoms with Crippen molar-refractivity contribution in [3.05, 3.63) is 36.0 Å². The summed E-state index contributed by atoms with van der Waals surface area (Å²) in [6.07, 6.45) is 1.05. The van der Waals surface area contributed by atoms with E-state index in [9.17, 15) is 18.0 Å². The molecule has 9 heteroatoms. The van der Waals surface area contributed by atoms with Crippen molar-refractivity contribution in [2.45, 2.75) is 4.90 Å². The van der Waals surface area contributed by atoms with Gasteiger partial charge in [0.15, 0.2) is 0 Å². The van der Waals surface area contributed by atoms with Crippen molar-refractivity contribution >= 4 is 27.6 Å². The van der Waals surface area contributed by atoms with E-state index >= 15 is 0 Å². The monoisotopic (exact) mass is 312 g/mol. The highest BCUT2D eigenvalue weighted by Gasteiger charge is 2.30. The molecule has 0 aliphatic carbocycles. The van der Waals surface area contributed by atoms with Crippen LogP contribution in [0.25, 0.3) is 0 Å². The van der Waals surface area contributed by atoms with Crippen molar-refractivity contribution in [1.29, 1.82) is 0 Å². The molecule has 0 aromatic heterocycles. The number of aliphatic hydroxyl groups is 1. The fourth-order valence-electron chi connectivity index (χ4n) is 1.80. The zero-order valence-electron chi connectivity index (χ0n) is 10.7. The second-order valence-corrected chi connectivity index (χ2v) is 5.63. The third-order valence-corrected chi connectivity index (χ3v) is 3.59. The summed E-state index contributed by atoms with van der Waals surface area (Å²) in [5.41, 5.74) is 0.185. The number of aliphatic hydroxyl groups excluding tert-OH is 1. The minimum Gasteiger partial charge on any atom is -0.395 e. The third kappa shape index (κ3) is 3.27. The van der Waals surface area contributed by atoms with Crippen molar-refractivity contribution in [1.82, 2.24) is 4.90 Å². The Morgan fingerprint density at radius 2 is 1.95 bits per heavy atom. The lowest BCUT2D eigenvalue weighted by Crippen LogP contribution is -2.34. The van der Waals surface area contributed by atoms with Crippen LogP contribution in [0.3, 0.4) is 0 Å². The maximum Gasteiger partial charge on any atom is 0.294 e. The number of benzene rings is 1. The van der Waals surface area contributed by atoms with Gasteiger partial charge in [0.2, 0.25) is 0 Å². The van der Waals surface area contributed by atoms with Crippen LogP contribution in [-0.4, -0.2) is 47.9 Å². The normalized spacial score (nSPS) is 15.3. The predicted molar refractivity (Wildman–Crippen MR) is 71.8 cm³/mol. The topological polar surface area (TPSA) is 124 Å². The van der Waals surface area contributed by atoms with Gasteiger partial charge in [0.25, 0.3) is 21.9 Å². The van der Waals surface area contributed by atoms with Gasteiger partial charge in [-0.05, 0) is 18.2 Å². The van der Waals surface area contributed by atoms with Crippen LogP contribution < -0.4 is 5.32 Å². The molecule has 0 saturated carbocycles. The fraction of sp³-hybridized carbons (Fsp3) is 0.167. The molecule has 1 aliphatic heterocycles. The van der Waals surface area contributed by atoms with E-state index in [0.717, 1.165) is 17.0 Å². The second-order valence-electron chi connectivity index (χ2n) is 4.20. The molecule has 2 amide bonds. The molecule has 0 saturated heterocycles. The number of β-amino-alcohol motifs (C(OH)–C–C–N with tert-alkyl or cyclic N) is 1. The Balaban J connectivity index is 2.22. The van der Waals surface area contributed by atoms with Gasteiger partial charge in [-0.15, -0.1) is 0 Å². The minimum absolute atomic E-state index is 0.0408. The lowest BCUT2D eigenvalue weighted by molar-refractivity contribution is -0.137. The van der Waals surface area contributed by atoms with E-state index in [4.69, 9.17) is 9.66 Å². The average Bonchev–Trinajstić information content (AvgIpc) is 2.66. The first kappa shape index (κ1) is 15.2. The molecule has 0 radical (unpaired) electrons. The molecule has 3 N–H and O–H groups in total. The number of carbonyl (C=O) groups is 2. The molecule has 1 heterocycles. The summed E-state index contributed by atoms with van der Waals surface area (Å²) in [5, 5.41) is 11.4. The van der Waals surface area contributed by atoms with Crippen LogP contribution in [0.1, 0.15) is 0 Å². The molecule has 0 fully saturated rings. The molecule has 0 atom stereocenters. The van der Waals surface area contributed by atoms with Crippen molar-refractivity contribution in [2.24, 2.45) is 0 Å². The summed E-state index contributed by atoms with van der Waals surface area (Å²) in [4.78, 5) is 24.0. The van der Waals surface area contributed by atoms with E-state index in [1.807, 2.05) is 0 Å². The van der Waals surface area contributed by atoms with Gasteiger partial charge in [-0.25, -0.2) is 0 Å². The van der Waals surface area contributed by atoms with E-state index in [1.165, 1.54) is 18.2 Å². The van der Waals surface area contributed by atoms with Crippen LogP contribution >= 0.6 is 0 Å². The third-order valence-electron chi connectivity index (χ3n) is 2.74. The second kappa shape index (κ2) is 5.64. The van der Waals surface area contributed by atoms with Crippen LogP contribution in [-0.2, 0) is 19.7 Å². The fourth-order valence-corrected chi connectivity index (χ4v) is 2.33. The smallest absolute Gasteiger partial charge is 0.294 e. The molecule has 1 aromatic carbocycles. The highest BCUT2D eigenvalue weighted by Crippen LogP contribution is 2.19. The molecule has 21 heavy (non-hydrogen) atoms. The molecule has 0 spiro atoms. The molecule has 0 bridgehead atoms. The van der Waals surface area contributed by atoms with Crippen LogP contribution in [0.5, 0.6) is 0 Å². The first-order valence-electron chi connectivity index (χ1n) is 5.86. The average molecular weight is 312 g/mol. The maximum atomic E-state index is 11.9. The molecule has 2 rings (SSSR count). The van der Waals surface area contributed by atoms with E-state index in [1.54, 1.807) is 0 Å². The number of amides is 2. The van der Waals surface area contributed by atoms with Crippen molar-refractivity contribution in [2.75, 3.05) is 18.5 Å². The number of imide groups is 1. The van der Waals surface area contributed by atoms with Crippen LogP contribution in [0.4, 0.5) is 5.69 Å². The highest BCUT2D eigenvalue weighted by molar-refractivity contribution is 7.85. The summed E-state index contributed by atoms with van der Waals surface area (Å²) >= 11 is 0. The van der Waals surface area contributed by atoms with Crippen molar-refractivity contribution < 1.29 is 27.7 Å². The van der Waals surface area contributed by atoms with Gasteiger partial charge in [0.1, 0.15) is 5.70 Å². The maximum absolute atomic E-state index is 11.9. The molecule has 1 aliphatic rings. The Morgan fingerprint density at radius 1 is 1.24 bits per heavy atom. The van der Waals surface area contributed by atoms with Gasteiger partial charge in [0.05, 0.1) is 18.0 Å². The van der Waals surface area contributed by atoms with E-state index in [2.05, 4.69) is 5.32 Å². The minimum atomic E-state index is -4.36. The number of hydrogen-bond donors (Lipinski definition) is 3. The SMILES string of the molecule is O=C1C=C(Nc2cccc(S(=O)(=O)O)c2)C(=O)N1CCO. The number of nitrogens with zero attached hydrogens (tertiary/aromatic N) is 1. The van der Waals surface area contributed by atoms with E-state index in [0.29, 0.717) is 0 Å². The Hall–Kier alpha value is -2.23. The quantitative estimate of drug-likeness (QED) is 0.498. The highest BCUT2D eigenvalue weighted by atomic mass is 32.2.